The molecule has 0 unspecified atom stereocenters. The van der Waals surface area contributed by atoms with Gasteiger partial charge < -0.3 is 18.1 Å². The molecule has 0 aliphatic carbocycles. The first kappa shape index (κ1) is 20.9. The van der Waals surface area contributed by atoms with Crippen LogP contribution >= 0.6 is 38.4 Å². The lowest BCUT2D eigenvalue weighted by Crippen LogP contribution is -2.10. The summed E-state index contributed by atoms with van der Waals surface area (Å²) in [4.78, 5) is 0. The molecule has 0 aromatic rings. The Balaban J connectivity index is 4.23. The Morgan fingerprint density at radius 2 is 1.10 bits per heavy atom. The maximum absolute atomic E-state index is 12.0. The zero-order chi connectivity index (χ0) is 15.8. The number of alkyl halides is 2. The summed E-state index contributed by atoms with van der Waals surface area (Å²) in [6.45, 7) is 6.71. The van der Waals surface area contributed by atoms with Gasteiger partial charge >= 0.3 is 15.2 Å². The molecule has 20 heavy (non-hydrogen) atoms. The number of halogens is 2. The summed E-state index contributed by atoms with van der Waals surface area (Å²) >= 11 is 11.1. The van der Waals surface area contributed by atoms with Crippen molar-refractivity contribution in [2.75, 3.05) is 24.5 Å². The standard InChI is InChI=1S/C10H22Cl2O6P2/c1-9(2)17-19(13,7-11)15-5-6-16-20(14,8-12)18-10(3)4/h9-10H,5-8H2,1-4H3/t19-,20-/m1/s1. The highest BCUT2D eigenvalue weighted by molar-refractivity contribution is 7.56. The third kappa shape index (κ3) is 9.01. The first-order valence-electron chi connectivity index (χ1n) is 6.12. The van der Waals surface area contributed by atoms with Crippen LogP contribution in [0.3, 0.4) is 0 Å². The van der Waals surface area contributed by atoms with Gasteiger partial charge in [0.1, 0.15) is 11.2 Å². The molecule has 0 rings (SSSR count). The predicted octanol–water partition coefficient (Wildman–Crippen LogP) is 4.65. The minimum Gasteiger partial charge on any atom is -0.305 e. The molecular weight excluding hydrogens is 349 g/mol. The molecule has 0 heterocycles. The highest BCUT2D eigenvalue weighted by atomic mass is 35.5. The highest BCUT2D eigenvalue weighted by Crippen LogP contribution is 2.52. The van der Waals surface area contributed by atoms with Gasteiger partial charge in [0.05, 0.1) is 25.4 Å². The van der Waals surface area contributed by atoms with Crippen LogP contribution in [0.1, 0.15) is 27.7 Å². The van der Waals surface area contributed by atoms with Crippen molar-refractivity contribution < 1.29 is 27.2 Å². The molecule has 122 valence electrons. The van der Waals surface area contributed by atoms with Gasteiger partial charge in [-0.05, 0) is 27.7 Å². The third-order valence-corrected chi connectivity index (χ3v) is 6.67. The highest BCUT2D eigenvalue weighted by Gasteiger charge is 2.27. The summed E-state index contributed by atoms with van der Waals surface area (Å²) in [6, 6.07) is 0. The average molecular weight is 371 g/mol. The van der Waals surface area contributed by atoms with E-state index in [2.05, 4.69) is 0 Å². The zero-order valence-corrected chi connectivity index (χ0v) is 15.4. The van der Waals surface area contributed by atoms with Crippen LogP contribution < -0.4 is 0 Å². The van der Waals surface area contributed by atoms with Crippen molar-refractivity contribution in [3.63, 3.8) is 0 Å². The molecular formula is C10H22Cl2O6P2. The van der Waals surface area contributed by atoms with Gasteiger partial charge in [-0.15, -0.1) is 23.2 Å². The van der Waals surface area contributed by atoms with Gasteiger partial charge in [0.15, 0.2) is 0 Å². The van der Waals surface area contributed by atoms with Gasteiger partial charge in [-0.25, -0.2) is 0 Å². The quantitative estimate of drug-likeness (QED) is 0.299. The van der Waals surface area contributed by atoms with Crippen molar-refractivity contribution in [1.29, 1.82) is 0 Å². The van der Waals surface area contributed by atoms with Crippen molar-refractivity contribution in [2.24, 2.45) is 0 Å². The maximum atomic E-state index is 12.0. The van der Waals surface area contributed by atoms with Gasteiger partial charge in [-0.2, -0.15) is 0 Å². The Labute approximate surface area is 130 Å². The molecule has 0 radical (unpaired) electrons. The Bertz CT molecular complexity index is 330. The second-order valence-corrected chi connectivity index (χ2v) is 9.73. The Kier molecular flexibility index (Phi) is 10.2. The van der Waals surface area contributed by atoms with E-state index in [0.717, 1.165) is 0 Å². The van der Waals surface area contributed by atoms with Crippen LogP contribution in [0.4, 0.5) is 0 Å². The van der Waals surface area contributed by atoms with E-state index in [1.54, 1.807) is 27.7 Å². The summed E-state index contributed by atoms with van der Waals surface area (Å²) in [5, 5.41) is 0. The fourth-order valence-electron chi connectivity index (χ4n) is 1.18. The molecule has 0 spiro atoms. The van der Waals surface area contributed by atoms with Gasteiger partial charge in [0, 0.05) is 0 Å². The molecule has 0 bridgehead atoms. The van der Waals surface area contributed by atoms with E-state index < -0.39 is 15.2 Å². The second kappa shape index (κ2) is 9.81. The van der Waals surface area contributed by atoms with Crippen molar-refractivity contribution in [3.05, 3.63) is 0 Å². The molecule has 2 atom stereocenters. The van der Waals surface area contributed by atoms with Crippen molar-refractivity contribution >= 4 is 38.4 Å². The molecule has 0 aromatic heterocycles. The minimum absolute atomic E-state index is 0.0843. The molecule has 0 saturated carbocycles. The summed E-state index contributed by atoms with van der Waals surface area (Å²) in [6.07, 6.45) is -0.558. The van der Waals surface area contributed by atoms with E-state index in [0.29, 0.717) is 0 Å². The minimum atomic E-state index is -3.35. The molecule has 0 amide bonds. The van der Waals surface area contributed by atoms with Gasteiger partial charge in [0.25, 0.3) is 0 Å². The van der Waals surface area contributed by atoms with Gasteiger partial charge in [-0.1, -0.05) is 0 Å². The van der Waals surface area contributed by atoms with Gasteiger partial charge in [0.2, 0.25) is 0 Å². The van der Waals surface area contributed by atoms with Crippen LogP contribution in [0.15, 0.2) is 0 Å². The molecule has 0 aliphatic heterocycles. The van der Waals surface area contributed by atoms with E-state index in [1.807, 2.05) is 0 Å². The number of hydrogen-bond donors (Lipinski definition) is 0. The van der Waals surface area contributed by atoms with Crippen LogP contribution in [0.25, 0.3) is 0 Å². The fourth-order valence-corrected chi connectivity index (χ4v) is 4.30. The number of hydrogen-bond acceptors (Lipinski definition) is 6. The van der Waals surface area contributed by atoms with E-state index in [1.165, 1.54) is 0 Å². The molecule has 10 heteroatoms. The maximum Gasteiger partial charge on any atom is 0.345 e. The van der Waals surface area contributed by atoms with E-state index in [4.69, 9.17) is 41.3 Å². The SMILES string of the molecule is CC(C)O[P@@](=O)(CCl)OCCO[P@](=O)(CCl)OC(C)C. The van der Waals surface area contributed by atoms with Crippen molar-refractivity contribution in [3.8, 4) is 0 Å². The van der Waals surface area contributed by atoms with E-state index in [-0.39, 0.29) is 36.7 Å². The normalized spacial score (nSPS) is 18.2. The Morgan fingerprint density at radius 1 is 0.800 bits per heavy atom. The van der Waals surface area contributed by atoms with Crippen LogP contribution in [0.2, 0.25) is 0 Å². The summed E-state index contributed by atoms with van der Waals surface area (Å²) in [5.41, 5.74) is -0.526. The second-order valence-electron chi connectivity index (χ2n) is 4.44. The van der Waals surface area contributed by atoms with E-state index >= 15 is 0 Å². The molecule has 6 nitrogen and oxygen atoms in total. The van der Waals surface area contributed by atoms with Crippen LogP contribution in [0, 0.1) is 0 Å². The van der Waals surface area contributed by atoms with Crippen molar-refractivity contribution in [2.45, 2.75) is 39.9 Å². The zero-order valence-electron chi connectivity index (χ0n) is 12.1. The molecule has 0 aliphatic rings. The number of rotatable bonds is 11. The summed E-state index contributed by atoms with van der Waals surface area (Å²) in [7, 11) is -6.70. The van der Waals surface area contributed by atoms with Crippen LogP contribution in [0.5, 0.6) is 0 Å². The summed E-state index contributed by atoms with van der Waals surface area (Å²) in [5.74, 6) is 0. The lowest BCUT2D eigenvalue weighted by atomic mass is 10.5. The van der Waals surface area contributed by atoms with Crippen LogP contribution in [-0.4, -0.2) is 36.7 Å². The molecule has 0 fully saturated rings. The predicted molar refractivity (Wildman–Crippen MR) is 81.0 cm³/mol. The first-order chi connectivity index (χ1) is 9.16. The fraction of sp³-hybridized carbons (Fsp3) is 1.00. The molecule has 0 saturated heterocycles. The lowest BCUT2D eigenvalue weighted by Gasteiger charge is -2.20. The van der Waals surface area contributed by atoms with E-state index in [9.17, 15) is 9.13 Å². The molecule has 0 N–H and O–H groups in total. The Morgan fingerprint density at radius 3 is 1.30 bits per heavy atom. The largest absolute Gasteiger partial charge is 0.345 e. The average Bonchev–Trinajstić information content (AvgIpc) is 2.33. The third-order valence-electron chi connectivity index (χ3n) is 1.69. The van der Waals surface area contributed by atoms with Gasteiger partial charge in [-0.3, -0.25) is 9.13 Å². The smallest absolute Gasteiger partial charge is 0.305 e. The molecule has 0 aromatic carbocycles. The van der Waals surface area contributed by atoms with Crippen LogP contribution in [-0.2, 0) is 27.2 Å². The topological polar surface area (TPSA) is 71.1 Å². The van der Waals surface area contributed by atoms with Crippen molar-refractivity contribution in [1.82, 2.24) is 0 Å². The Hall–Kier alpha value is 0.880. The lowest BCUT2D eigenvalue weighted by molar-refractivity contribution is 0.128. The summed E-state index contributed by atoms with van der Waals surface area (Å²) < 4.78 is 44.5. The monoisotopic (exact) mass is 370 g/mol. The first-order valence-corrected chi connectivity index (χ1v) is 10.6.